The first-order valence-corrected chi connectivity index (χ1v) is 6.79. The van der Waals surface area contributed by atoms with Crippen LogP contribution in [0.15, 0.2) is 0 Å². The maximum absolute atomic E-state index is 12.3. The highest BCUT2D eigenvalue weighted by atomic mass is 35.5. The summed E-state index contributed by atoms with van der Waals surface area (Å²) in [6.45, 7) is 1.21. The monoisotopic (exact) mass is 276 g/mol. The second-order valence-corrected chi connectivity index (χ2v) is 5.35. The lowest BCUT2D eigenvalue weighted by molar-refractivity contribution is -0.140. The molecule has 18 heavy (non-hydrogen) atoms. The summed E-state index contributed by atoms with van der Waals surface area (Å²) in [6.07, 6.45) is 7.45. The molecule has 1 amide bonds. The second-order valence-electron chi connectivity index (χ2n) is 5.35. The Balaban J connectivity index is 0.00000162. The van der Waals surface area contributed by atoms with Crippen LogP contribution in [0.25, 0.3) is 0 Å². The van der Waals surface area contributed by atoms with Gasteiger partial charge in [0.1, 0.15) is 6.04 Å². The topological polar surface area (TPSA) is 55.6 Å². The van der Waals surface area contributed by atoms with Gasteiger partial charge in [0, 0.05) is 19.7 Å². The molecule has 4 nitrogen and oxygen atoms in total. The fourth-order valence-corrected chi connectivity index (χ4v) is 3.36. The van der Waals surface area contributed by atoms with Crippen LogP contribution < -0.4 is 5.73 Å². The quantitative estimate of drug-likeness (QED) is 0.851. The Labute approximate surface area is 116 Å². The third kappa shape index (κ3) is 3.37. The van der Waals surface area contributed by atoms with Gasteiger partial charge in [-0.05, 0) is 31.6 Å². The van der Waals surface area contributed by atoms with Crippen LogP contribution in [0.5, 0.6) is 0 Å². The molecule has 2 fully saturated rings. The third-order valence-electron chi connectivity index (χ3n) is 4.19. The lowest BCUT2D eigenvalue weighted by Crippen LogP contribution is -2.55. The van der Waals surface area contributed by atoms with Gasteiger partial charge in [-0.3, -0.25) is 4.79 Å². The van der Waals surface area contributed by atoms with Crippen molar-refractivity contribution in [3.05, 3.63) is 0 Å². The number of rotatable bonds is 3. The van der Waals surface area contributed by atoms with Crippen LogP contribution in [-0.4, -0.2) is 43.2 Å². The summed E-state index contributed by atoms with van der Waals surface area (Å²) in [4.78, 5) is 14.3. The zero-order valence-electron chi connectivity index (χ0n) is 11.1. The zero-order valence-corrected chi connectivity index (χ0v) is 12.0. The average molecular weight is 277 g/mol. The number of hydrogen-bond acceptors (Lipinski definition) is 3. The summed E-state index contributed by atoms with van der Waals surface area (Å²) in [6, 6.07) is -0.0337. The largest absolute Gasteiger partial charge is 0.383 e. The summed E-state index contributed by atoms with van der Waals surface area (Å²) in [7, 11) is 1.59. The van der Waals surface area contributed by atoms with Gasteiger partial charge in [-0.1, -0.05) is 12.8 Å². The van der Waals surface area contributed by atoms with Crippen molar-refractivity contribution >= 4 is 18.3 Å². The number of fused-ring (bicyclic) bond motifs is 1. The van der Waals surface area contributed by atoms with Crippen LogP contribution in [0, 0.1) is 5.92 Å². The van der Waals surface area contributed by atoms with E-state index in [-0.39, 0.29) is 18.3 Å². The second kappa shape index (κ2) is 7.31. The molecule has 0 aromatic rings. The van der Waals surface area contributed by atoms with E-state index in [0.29, 0.717) is 12.6 Å². The molecule has 1 unspecified atom stereocenters. The van der Waals surface area contributed by atoms with Crippen molar-refractivity contribution in [2.75, 3.05) is 20.3 Å². The lowest BCUT2D eigenvalue weighted by Gasteiger charge is -2.44. The lowest BCUT2D eigenvalue weighted by atomic mass is 9.78. The van der Waals surface area contributed by atoms with Crippen molar-refractivity contribution in [1.29, 1.82) is 0 Å². The molecular weight excluding hydrogens is 252 g/mol. The summed E-state index contributed by atoms with van der Waals surface area (Å²) in [5, 5.41) is 0. The van der Waals surface area contributed by atoms with Gasteiger partial charge in [0.05, 0.1) is 6.61 Å². The minimum Gasteiger partial charge on any atom is -0.383 e. The molecular formula is C13H25ClN2O2. The Morgan fingerprint density at radius 1 is 1.33 bits per heavy atom. The number of hydrogen-bond donors (Lipinski definition) is 1. The summed E-state index contributed by atoms with van der Waals surface area (Å²) < 4.78 is 4.98. The van der Waals surface area contributed by atoms with Crippen molar-refractivity contribution < 1.29 is 9.53 Å². The van der Waals surface area contributed by atoms with E-state index in [0.717, 1.165) is 25.3 Å². The number of piperidine rings is 1. The van der Waals surface area contributed by atoms with E-state index < -0.39 is 6.04 Å². The number of carbonyl (C=O) groups excluding carboxylic acids is 1. The van der Waals surface area contributed by atoms with Crippen molar-refractivity contribution in [2.24, 2.45) is 11.7 Å². The number of nitrogens with two attached hydrogens (primary N) is 1. The van der Waals surface area contributed by atoms with Crippen molar-refractivity contribution in [3.63, 3.8) is 0 Å². The van der Waals surface area contributed by atoms with Gasteiger partial charge in [-0.15, -0.1) is 12.4 Å². The van der Waals surface area contributed by atoms with E-state index in [1.54, 1.807) is 7.11 Å². The van der Waals surface area contributed by atoms with E-state index in [2.05, 4.69) is 0 Å². The molecule has 106 valence electrons. The molecule has 2 aliphatic rings. The number of halogens is 1. The Hall–Kier alpha value is -0.320. The molecule has 2 N–H and O–H groups in total. The number of amides is 1. The maximum Gasteiger partial charge on any atom is 0.242 e. The molecule has 0 bridgehead atoms. The minimum atomic E-state index is -0.485. The smallest absolute Gasteiger partial charge is 0.242 e. The van der Waals surface area contributed by atoms with Gasteiger partial charge in [0.25, 0.3) is 0 Å². The normalized spacial score (nSPS) is 29.1. The predicted molar refractivity (Wildman–Crippen MR) is 73.8 cm³/mol. The molecule has 1 aliphatic heterocycles. The Morgan fingerprint density at radius 3 is 2.72 bits per heavy atom. The standard InChI is InChI=1S/C13H24N2O2.ClH/c1-17-9-11(14)13(16)15-8-4-6-10-5-2-3-7-12(10)15;/h10-12H,2-9,14H2,1H3;1H/t10-,11?,12-;/m1./s1. The summed E-state index contributed by atoms with van der Waals surface area (Å²) >= 11 is 0. The Bertz CT molecular complexity index is 274. The first-order valence-electron chi connectivity index (χ1n) is 6.79. The third-order valence-corrected chi connectivity index (χ3v) is 4.19. The van der Waals surface area contributed by atoms with Crippen LogP contribution in [0.2, 0.25) is 0 Å². The molecule has 1 heterocycles. The van der Waals surface area contributed by atoms with E-state index in [4.69, 9.17) is 10.5 Å². The highest BCUT2D eigenvalue weighted by Crippen LogP contribution is 2.35. The van der Waals surface area contributed by atoms with Crippen LogP contribution in [-0.2, 0) is 9.53 Å². The fourth-order valence-electron chi connectivity index (χ4n) is 3.36. The Morgan fingerprint density at radius 2 is 2.00 bits per heavy atom. The minimum absolute atomic E-state index is 0. The molecule has 1 saturated carbocycles. The van der Waals surface area contributed by atoms with Crippen molar-refractivity contribution in [3.8, 4) is 0 Å². The molecule has 5 heteroatoms. The number of likely N-dealkylation sites (tertiary alicyclic amines) is 1. The SMILES string of the molecule is COCC(N)C(=O)N1CCC[C@H]2CCCC[C@H]21.Cl. The summed E-state index contributed by atoms with van der Waals surface area (Å²) in [5.74, 6) is 0.805. The number of methoxy groups -OCH3 is 1. The molecule has 1 aliphatic carbocycles. The fraction of sp³-hybridized carbons (Fsp3) is 0.923. The zero-order chi connectivity index (χ0) is 12.3. The highest BCUT2D eigenvalue weighted by Gasteiger charge is 2.36. The number of nitrogens with zero attached hydrogens (tertiary/aromatic N) is 1. The van der Waals surface area contributed by atoms with Gasteiger partial charge < -0.3 is 15.4 Å². The van der Waals surface area contributed by atoms with Gasteiger partial charge in [-0.2, -0.15) is 0 Å². The predicted octanol–water partition coefficient (Wildman–Crippen LogP) is 1.56. The van der Waals surface area contributed by atoms with Crippen LogP contribution >= 0.6 is 12.4 Å². The maximum atomic E-state index is 12.3. The van der Waals surface area contributed by atoms with Gasteiger partial charge in [0.15, 0.2) is 0 Å². The molecule has 0 aromatic heterocycles. The van der Waals surface area contributed by atoms with Crippen LogP contribution in [0.1, 0.15) is 38.5 Å². The van der Waals surface area contributed by atoms with E-state index >= 15 is 0 Å². The molecule has 1 saturated heterocycles. The number of ether oxygens (including phenoxy) is 1. The summed E-state index contributed by atoms with van der Waals surface area (Å²) in [5.41, 5.74) is 5.86. The molecule has 3 atom stereocenters. The van der Waals surface area contributed by atoms with E-state index in [1.807, 2.05) is 4.90 Å². The van der Waals surface area contributed by atoms with Crippen molar-refractivity contribution in [1.82, 2.24) is 4.90 Å². The van der Waals surface area contributed by atoms with Gasteiger partial charge >= 0.3 is 0 Å². The van der Waals surface area contributed by atoms with Gasteiger partial charge in [-0.25, -0.2) is 0 Å². The van der Waals surface area contributed by atoms with Gasteiger partial charge in [0.2, 0.25) is 5.91 Å². The molecule has 0 radical (unpaired) electrons. The first-order chi connectivity index (χ1) is 8.24. The van der Waals surface area contributed by atoms with E-state index in [1.165, 1.54) is 25.7 Å². The van der Waals surface area contributed by atoms with Crippen LogP contribution in [0.4, 0.5) is 0 Å². The highest BCUT2D eigenvalue weighted by molar-refractivity contribution is 5.85. The van der Waals surface area contributed by atoms with Crippen molar-refractivity contribution in [2.45, 2.75) is 50.6 Å². The average Bonchev–Trinajstić information content (AvgIpc) is 2.37. The molecule has 0 spiro atoms. The van der Waals surface area contributed by atoms with E-state index in [9.17, 15) is 4.79 Å². The molecule has 0 aromatic carbocycles. The Kier molecular flexibility index (Phi) is 6.39. The number of carbonyl (C=O) groups is 1. The van der Waals surface area contributed by atoms with Crippen LogP contribution in [0.3, 0.4) is 0 Å². The first kappa shape index (κ1) is 15.7. The molecule has 2 rings (SSSR count).